The Labute approximate surface area is 106 Å². The van der Waals surface area contributed by atoms with Gasteiger partial charge in [0, 0.05) is 24.5 Å². The quantitative estimate of drug-likeness (QED) is 0.719. The fourth-order valence-electron chi connectivity index (χ4n) is 1.44. The molecular weight excluding hydrogens is 256 g/mol. The van der Waals surface area contributed by atoms with E-state index in [4.69, 9.17) is 5.73 Å². The standard InChI is InChI=1S/C12H9F2N3O2/c13-7-3-8(14)10(4-9(7)15)17-12(19)6-5-16-2-1-11(6)18/h1-5H,15H2,(H,16,18)(H,17,19). The number of amides is 1. The fourth-order valence-corrected chi connectivity index (χ4v) is 1.44. The van der Waals surface area contributed by atoms with Crippen molar-refractivity contribution in [3.8, 4) is 0 Å². The van der Waals surface area contributed by atoms with E-state index in [1.54, 1.807) is 0 Å². The molecule has 7 heteroatoms. The SMILES string of the molecule is Nc1cc(NC(=O)c2c[nH]ccc2=O)c(F)cc1F. The summed E-state index contributed by atoms with van der Waals surface area (Å²) in [5, 5.41) is 2.15. The fraction of sp³-hybridized carbons (Fsp3) is 0. The molecule has 0 spiro atoms. The summed E-state index contributed by atoms with van der Waals surface area (Å²) in [6.07, 6.45) is 2.54. The van der Waals surface area contributed by atoms with Crippen molar-refractivity contribution in [1.29, 1.82) is 0 Å². The number of anilines is 2. The summed E-state index contributed by atoms with van der Waals surface area (Å²) in [5.74, 6) is -2.72. The van der Waals surface area contributed by atoms with Crippen molar-refractivity contribution >= 4 is 17.3 Å². The van der Waals surface area contributed by atoms with Crippen LogP contribution in [0.2, 0.25) is 0 Å². The Morgan fingerprint density at radius 3 is 2.68 bits per heavy atom. The number of benzene rings is 1. The summed E-state index contributed by atoms with van der Waals surface area (Å²) in [4.78, 5) is 25.7. The van der Waals surface area contributed by atoms with E-state index in [-0.39, 0.29) is 16.9 Å². The van der Waals surface area contributed by atoms with Gasteiger partial charge in [-0.2, -0.15) is 0 Å². The number of nitrogen functional groups attached to an aromatic ring is 1. The topological polar surface area (TPSA) is 88.0 Å². The summed E-state index contributed by atoms with van der Waals surface area (Å²) in [6.45, 7) is 0. The van der Waals surface area contributed by atoms with Gasteiger partial charge in [-0.05, 0) is 6.07 Å². The number of aromatic amines is 1. The van der Waals surface area contributed by atoms with Gasteiger partial charge in [0.05, 0.1) is 11.4 Å². The van der Waals surface area contributed by atoms with Gasteiger partial charge in [0.25, 0.3) is 5.91 Å². The van der Waals surface area contributed by atoms with Crippen molar-refractivity contribution in [2.24, 2.45) is 0 Å². The predicted octanol–water partition coefficient (Wildman–Crippen LogP) is 1.49. The van der Waals surface area contributed by atoms with Crippen LogP contribution in [0.15, 0.2) is 35.4 Å². The third-order valence-electron chi connectivity index (χ3n) is 2.40. The van der Waals surface area contributed by atoms with Crippen LogP contribution in [0, 0.1) is 11.6 Å². The summed E-state index contributed by atoms with van der Waals surface area (Å²) in [6, 6.07) is 2.66. The maximum atomic E-state index is 13.4. The van der Waals surface area contributed by atoms with Gasteiger partial charge in [0.2, 0.25) is 0 Å². The van der Waals surface area contributed by atoms with Crippen molar-refractivity contribution in [3.05, 3.63) is 58.0 Å². The van der Waals surface area contributed by atoms with Gasteiger partial charge >= 0.3 is 0 Å². The van der Waals surface area contributed by atoms with E-state index in [0.29, 0.717) is 6.07 Å². The number of nitrogens with two attached hydrogens (primary N) is 1. The third kappa shape index (κ3) is 2.59. The first-order valence-electron chi connectivity index (χ1n) is 5.22. The first kappa shape index (κ1) is 12.7. The number of pyridine rings is 1. The largest absolute Gasteiger partial charge is 0.396 e. The minimum absolute atomic E-state index is 0.190. The molecule has 4 N–H and O–H groups in total. The van der Waals surface area contributed by atoms with E-state index in [9.17, 15) is 18.4 Å². The average Bonchev–Trinajstić information content (AvgIpc) is 2.36. The van der Waals surface area contributed by atoms with Crippen LogP contribution in [-0.2, 0) is 0 Å². The minimum Gasteiger partial charge on any atom is -0.396 e. The van der Waals surface area contributed by atoms with E-state index in [0.717, 1.165) is 12.1 Å². The highest BCUT2D eigenvalue weighted by atomic mass is 19.1. The van der Waals surface area contributed by atoms with Gasteiger partial charge in [-0.3, -0.25) is 9.59 Å². The molecule has 5 nitrogen and oxygen atoms in total. The number of hydrogen-bond acceptors (Lipinski definition) is 3. The monoisotopic (exact) mass is 265 g/mol. The number of H-pyrrole nitrogens is 1. The predicted molar refractivity (Wildman–Crippen MR) is 65.8 cm³/mol. The molecule has 1 heterocycles. The molecule has 1 amide bonds. The first-order valence-corrected chi connectivity index (χ1v) is 5.22. The summed E-state index contributed by atoms with van der Waals surface area (Å²) in [7, 11) is 0. The number of nitrogens with one attached hydrogen (secondary N) is 2. The first-order chi connectivity index (χ1) is 8.99. The third-order valence-corrected chi connectivity index (χ3v) is 2.40. The van der Waals surface area contributed by atoms with Crippen LogP contribution >= 0.6 is 0 Å². The van der Waals surface area contributed by atoms with Gasteiger partial charge in [0.15, 0.2) is 5.43 Å². The molecule has 0 saturated carbocycles. The van der Waals surface area contributed by atoms with Gasteiger partial charge in [-0.15, -0.1) is 0 Å². The highest BCUT2D eigenvalue weighted by Crippen LogP contribution is 2.21. The molecule has 0 saturated heterocycles. The van der Waals surface area contributed by atoms with Crippen molar-refractivity contribution < 1.29 is 13.6 Å². The number of aromatic nitrogens is 1. The molecule has 0 atom stereocenters. The van der Waals surface area contributed by atoms with Crippen molar-refractivity contribution in [1.82, 2.24) is 4.98 Å². The van der Waals surface area contributed by atoms with Crippen LogP contribution in [0.5, 0.6) is 0 Å². The molecule has 2 aromatic rings. The Hall–Kier alpha value is -2.70. The normalized spacial score (nSPS) is 10.2. The lowest BCUT2D eigenvalue weighted by Crippen LogP contribution is -2.21. The van der Waals surface area contributed by atoms with E-state index >= 15 is 0 Å². The zero-order valence-electron chi connectivity index (χ0n) is 9.54. The second-order valence-corrected chi connectivity index (χ2v) is 3.73. The summed E-state index contributed by atoms with van der Waals surface area (Å²) in [5.41, 5.74) is 3.96. The molecule has 0 radical (unpaired) electrons. The zero-order valence-corrected chi connectivity index (χ0v) is 9.54. The van der Waals surface area contributed by atoms with E-state index in [1.165, 1.54) is 12.4 Å². The maximum Gasteiger partial charge on any atom is 0.261 e. The highest BCUT2D eigenvalue weighted by molar-refractivity contribution is 6.04. The molecule has 0 aliphatic heterocycles. The lowest BCUT2D eigenvalue weighted by Gasteiger charge is -2.07. The number of carbonyl (C=O) groups is 1. The lowest BCUT2D eigenvalue weighted by atomic mass is 10.2. The maximum absolute atomic E-state index is 13.4. The number of carbonyl (C=O) groups excluding carboxylic acids is 1. The summed E-state index contributed by atoms with van der Waals surface area (Å²) >= 11 is 0. The van der Waals surface area contributed by atoms with Gasteiger partial charge in [-0.25, -0.2) is 8.78 Å². The van der Waals surface area contributed by atoms with Crippen molar-refractivity contribution in [2.75, 3.05) is 11.1 Å². The smallest absolute Gasteiger partial charge is 0.261 e. The number of halogens is 2. The Morgan fingerprint density at radius 1 is 1.26 bits per heavy atom. The second kappa shape index (κ2) is 4.89. The minimum atomic E-state index is -0.979. The van der Waals surface area contributed by atoms with Crippen LogP contribution < -0.4 is 16.5 Å². The molecule has 19 heavy (non-hydrogen) atoms. The molecule has 0 fully saturated rings. The lowest BCUT2D eigenvalue weighted by molar-refractivity contribution is 0.102. The summed E-state index contributed by atoms with van der Waals surface area (Å²) < 4.78 is 26.4. The van der Waals surface area contributed by atoms with Crippen LogP contribution in [0.4, 0.5) is 20.2 Å². The second-order valence-electron chi connectivity index (χ2n) is 3.73. The van der Waals surface area contributed by atoms with Crippen LogP contribution in [-0.4, -0.2) is 10.9 Å². The van der Waals surface area contributed by atoms with Gasteiger partial charge in [0.1, 0.15) is 17.2 Å². The molecule has 1 aromatic carbocycles. The molecule has 0 aliphatic rings. The van der Waals surface area contributed by atoms with Crippen LogP contribution in [0.3, 0.4) is 0 Å². The molecule has 1 aromatic heterocycles. The molecule has 0 bridgehead atoms. The Morgan fingerprint density at radius 2 is 2.00 bits per heavy atom. The van der Waals surface area contributed by atoms with Crippen molar-refractivity contribution in [3.63, 3.8) is 0 Å². The van der Waals surface area contributed by atoms with Crippen LogP contribution in [0.1, 0.15) is 10.4 Å². The Kier molecular flexibility index (Phi) is 3.28. The zero-order chi connectivity index (χ0) is 14.0. The molecule has 2 rings (SSSR count). The van der Waals surface area contributed by atoms with Gasteiger partial charge in [-0.1, -0.05) is 0 Å². The Balaban J connectivity index is 2.32. The molecule has 98 valence electrons. The van der Waals surface area contributed by atoms with Crippen molar-refractivity contribution in [2.45, 2.75) is 0 Å². The van der Waals surface area contributed by atoms with Gasteiger partial charge < -0.3 is 16.0 Å². The average molecular weight is 265 g/mol. The highest BCUT2D eigenvalue weighted by Gasteiger charge is 2.14. The van der Waals surface area contributed by atoms with E-state index < -0.39 is 23.0 Å². The number of rotatable bonds is 2. The number of hydrogen-bond donors (Lipinski definition) is 3. The molecular formula is C12H9F2N3O2. The van der Waals surface area contributed by atoms with E-state index in [1.807, 2.05) is 0 Å². The molecule has 0 aliphatic carbocycles. The van der Waals surface area contributed by atoms with E-state index in [2.05, 4.69) is 10.3 Å². The molecule has 0 unspecified atom stereocenters. The Bertz CT molecular complexity index is 698. The van der Waals surface area contributed by atoms with Crippen LogP contribution in [0.25, 0.3) is 0 Å².